The molecule has 0 spiro atoms. The van der Waals surface area contributed by atoms with Crippen LogP contribution in [0.3, 0.4) is 0 Å². The highest BCUT2D eigenvalue weighted by molar-refractivity contribution is 7.91. The Balaban J connectivity index is 0.00000288. The first-order valence-electron chi connectivity index (χ1n) is 7.97. The van der Waals surface area contributed by atoms with Crippen LogP contribution >= 0.6 is 35.6 Å². The van der Waals surface area contributed by atoms with E-state index >= 15 is 0 Å². The van der Waals surface area contributed by atoms with Crippen molar-refractivity contribution >= 4 is 45.4 Å². The van der Waals surface area contributed by atoms with Crippen LogP contribution in [0, 0.1) is 5.92 Å². The molecule has 0 atom stereocenters. The fraction of sp³-hybridized carbons (Fsp3) is 0.625. The van der Waals surface area contributed by atoms with E-state index in [1.165, 1.54) is 18.6 Å². The van der Waals surface area contributed by atoms with Gasteiger partial charge in [0.2, 0.25) is 0 Å². The largest absolute Gasteiger partial charge is 0.320 e. The lowest BCUT2D eigenvalue weighted by Crippen LogP contribution is -2.37. The van der Waals surface area contributed by atoms with Crippen molar-refractivity contribution in [3.05, 3.63) is 28.2 Å². The third-order valence-corrected chi connectivity index (χ3v) is 6.82. The molecule has 1 aromatic carbocycles. The second-order valence-corrected chi connectivity index (χ2v) is 8.99. The molecule has 0 saturated carbocycles. The summed E-state index contributed by atoms with van der Waals surface area (Å²) in [5.41, 5.74) is 0. The summed E-state index contributed by atoms with van der Waals surface area (Å²) in [6.45, 7) is 3.52. The van der Waals surface area contributed by atoms with Crippen molar-refractivity contribution in [2.24, 2.45) is 5.92 Å². The molecule has 1 aliphatic rings. The van der Waals surface area contributed by atoms with Gasteiger partial charge in [-0.2, -0.15) is 0 Å². The zero-order chi connectivity index (χ0) is 16.9. The van der Waals surface area contributed by atoms with Gasteiger partial charge in [0, 0.05) is 11.6 Å². The Morgan fingerprint density at radius 1 is 1.25 bits per heavy atom. The van der Waals surface area contributed by atoms with Crippen molar-refractivity contribution in [2.75, 3.05) is 39.0 Å². The minimum atomic E-state index is -3.41. The first-order valence-corrected chi connectivity index (χ1v) is 10.4. The van der Waals surface area contributed by atoms with E-state index in [9.17, 15) is 8.42 Å². The third kappa shape index (κ3) is 6.36. The number of sulfone groups is 1. The molecule has 0 aromatic heterocycles. The lowest BCUT2D eigenvalue weighted by atomic mass is 9.94. The molecule has 0 radical (unpaired) electrons. The van der Waals surface area contributed by atoms with Gasteiger partial charge in [-0.05, 0) is 70.1 Å². The molecular formula is C16H25Cl3N2O2S. The van der Waals surface area contributed by atoms with E-state index in [0.29, 0.717) is 11.6 Å². The van der Waals surface area contributed by atoms with Crippen LogP contribution in [0.15, 0.2) is 23.1 Å². The van der Waals surface area contributed by atoms with E-state index in [4.69, 9.17) is 23.2 Å². The highest BCUT2D eigenvalue weighted by Crippen LogP contribution is 2.26. The van der Waals surface area contributed by atoms with Crippen molar-refractivity contribution in [1.82, 2.24) is 10.2 Å². The van der Waals surface area contributed by atoms with Crippen molar-refractivity contribution in [3.8, 4) is 0 Å². The monoisotopic (exact) mass is 414 g/mol. The Hall–Kier alpha value is -0.0400. The number of nitrogens with zero attached hydrogens (tertiary/aromatic N) is 1. The Labute approximate surface area is 161 Å². The lowest BCUT2D eigenvalue weighted by molar-refractivity contribution is 0.187. The maximum absolute atomic E-state index is 12.5. The van der Waals surface area contributed by atoms with Gasteiger partial charge in [0.25, 0.3) is 0 Å². The summed E-state index contributed by atoms with van der Waals surface area (Å²) in [6, 6.07) is 4.56. The van der Waals surface area contributed by atoms with E-state index in [0.717, 1.165) is 38.4 Å². The summed E-state index contributed by atoms with van der Waals surface area (Å²) in [5, 5.41) is 3.81. The normalized spacial score (nSPS) is 16.8. The smallest absolute Gasteiger partial charge is 0.181 e. The van der Waals surface area contributed by atoms with E-state index < -0.39 is 9.84 Å². The zero-order valence-corrected chi connectivity index (χ0v) is 16.9. The number of halogens is 3. The molecule has 4 nitrogen and oxygen atoms in total. The summed E-state index contributed by atoms with van der Waals surface area (Å²) in [6.07, 6.45) is 3.47. The van der Waals surface area contributed by atoms with Gasteiger partial charge < -0.3 is 10.2 Å². The van der Waals surface area contributed by atoms with Crippen LogP contribution in [0.4, 0.5) is 0 Å². The number of hydrogen-bond acceptors (Lipinski definition) is 4. The Morgan fingerprint density at radius 3 is 2.54 bits per heavy atom. The molecule has 2 rings (SSSR count). The van der Waals surface area contributed by atoms with E-state index in [1.54, 1.807) is 6.07 Å². The van der Waals surface area contributed by atoms with Gasteiger partial charge in [-0.25, -0.2) is 8.42 Å². The van der Waals surface area contributed by atoms with Crippen LogP contribution < -0.4 is 5.32 Å². The molecule has 1 aliphatic heterocycles. The van der Waals surface area contributed by atoms with Gasteiger partial charge >= 0.3 is 0 Å². The van der Waals surface area contributed by atoms with Crippen molar-refractivity contribution in [2.45, 2.75) is 24.2 Å². The highest BCUT2D eigenvalue weighted by atomic mass is 35.5. The quantitative estimate of drug-likeness (QED) is 0.740. The van der Waals surface area contributed by atoms with Crippen LogP contribution in [0.25, 0.3) is 0 Å². The molecule has 1 heterocycles. The molecule has 0 aliphatic carbocycles. The summed E-state index contributed by atoms with van der Waals surface area (Å²) in [4.78, 5) is 2.36. The topological polar surface area (TPSA) is 49.4 Å². The molecule has 1 saturated heterocycles. The molecular weight excluding hydrogens is 391 g/mol. The second kappa shape index (κ2) is 10.2. The molecule has 0 amide bonds. The Kier molecular flexibility index (Phi) is 9.34. The third-order valence-electron chi connectivity index (χ3n) is 4.41. The SMILES string of the molecule is CNCCC1CCN(CCS(=O)(=O)c2cc(Cl)ccc2Cl)CC1.Cl. The molecule has 1 N–H and O–H groups in total. The summed E-state index contributed by atoms with van der Waals surface area (Å²) in [5.74, 6) is 0.825. The van der Waals surface area contributed by atoms with Crippen LogP contribution in [0.1, 0.15) is 19.3 Å². The highest BCUT2D eigenvalue weighted by Gasteiger charge is 2.23. The van der Waals surface area contributed by atoms with Crippen molar-refractivity contribution in [3.63, 3.8) is 0 Å². The number of benzene rings is 1. The van der Waals surface area contributed by atoms with Crippen molar-refractivity contribution < 1.29 is 8.42 Å². The average Bonchev–Trinajstić information content (AvgIpc) is 2.54. The molecule has 8 heteroatoms. The molecule has 24 heavy (non-hydrogen) atoms. The number of hydrogen-bond donors (Lipinski definition) is 1. The number of piperidine rings is 1. The van der Waals surface area contributed by atoms with Crippen LogP contribution in [0.5, 0.6) is 0 Å². The fourth-order valence-corrected chi connectivity index (χ4v) is 5.02. The van der Waals surface area contributed by atoms with Gasteiger partial charge in [0.15, 0.2) is 9.84 Å². The zero-order valence-electron chi connectivity index (χ0n) is 13.8. The summed E-state index contributed by atoms with van der Waals surface area (Å²) < 4.78 is 25.0. The van der Waals surface area contributed by atoms with Crippen LogP contribution in [0.2, 0.25) is 10.0 Å². The number of likely N-dealkylation sites (tertiary alicyclic amines) is 1. The number of rotatable bonds is 7. The minimum absolute atomic E-state index is 0. The van der Waals surface area contributed by atoms with Gasteiger partial charge in [0.05, 0.1) is 15.7 Å². The minimum Gasteiger partial charge on any atom is -0.320 e. The van der Waals surface area contributed by atoms with E-state index in [-0.39, 0.29) is 28.1 Å². The molecule has 0 unspecified atom stereocenters. The van der Waals surface area contributed by atoms with Gasteiger partial charge in [-0.15, -0.1) is 12.4 Å². The molecule has 138 valence electrons. The second-order valence-electron chi connectivity index (χ2n) is 6.07. The molecule has 0 bridgehead atoms. The summed E-state index contributed by atoms with van der Waals surface area (Å²) in [7, 11) is -1.44. The van der Waals surface area contributed by atoms with E-state index in [2.05, 4.69) is 10.2 Å². The Morgan fingerprint density at radius 2 is 1.92 bits per heavy atom. The van der Waals surface area contributed by atoms with Crippen LogP contribution in [-0.2, 0) is 9.84 Å². The Bertz CT molecular complexity index is 618. The first kappa shape index (κ1) is 22.0. The molecule has 1 fully saturated rings. The standard InChI is InChI=1S/C16H24Cl2N2O2S.ClH/c1-19-7-4-13-5-8-20(9-6-13)10-11-23(21,22)16-12-14(17)2-3-15(16)18;/h2-3,12-13,19H,4-11H2,1H3;1H. The maximum atomic E-state index is 12.5. The lowest BCUT2D eigenvalue weighted by Gasteiger charge is -2.31. The predicted molar refractivity (Wildman–Crippen MR) is 103 cm³/mol. The van der Waals surface area contributed by atoms with Gasteiger partial charge in [-0.1, -0.05) is 23.2 Å². The van der Waals surface area contributed by atoms with Gasteiger partial charge in [0.1, 0.15) is 0 Å². The van der Waals surface area contributed by atoms with Crippen molar-refractivity contribution in [1.29, 1.82) is 0 Å². The predicted octanol–water partition coefficient (Wildman–Crippen LogP) is 3.51. The van der Waals surface area contributed by atoms with Gasteiger partial charge in [-0.3, -0.25) is 0 Å². The first-order chi connectivity index (χ1) is 10.9. The van der Waals surface area contributed by atoms with E-state index in [1.807, 2.05) is 7.05 Å². The summed E-state index contributed by atoms with van der Waals surface area (Å²) >= 11 is 11.9. The fourth-order valence-electron chi connectivity index (χ4n) is 2.92. The number of nitrogens with one attached hydrogen (secondary N) is 1. The molecule has 1 aromatic rings. The average molecular weight is 416 g/mol. The maximum Gasteiger partial charge on any atom is 0.181 e. The van der Waals surface area contributed by atoms with Crippen LogP contribution in [-0.4, -0.2) is 52.3 Å².